The van der Waals surface area contributed by atoms with E-state index >= 15 is 0 Å². The number of rotatable bonds is 6. The van der Waals surface area contributed by atoms with Crippen molar-refractivity contribution in [1.29, 1.82) is 0 Å². The number of hydrogen-bond donors (Lipinski definition) is 2. The van der Waals surface area contributed by atoms with Gasteiger partial charge in [-0.3, -0.25) is 9.59 Å². The van der Waals surface area contributed by atoms with Crippen molar-refractivity contribution in [2.75, 3.05) is 18.0 Å². The van der Waals surface area contributed by atoms with Crippen LogP contribution in [-0.4, -0.2) is 30.9 Å². The lowest BCUT2D eigenvalue weighted by Crippen LogP contribution is -2.45. The quantitative estimate of drug-likeness (QED) is 0.528. The number of para-hydroxylation sites is 1. The van der Waals surface area contributed by atoms with Crippen LogP contribution in [0.3, 0.4) is 0 Å². The summed E-state index contributed by atoms with van der Waals surface area (Å²) in [6.07, 6.45) is 1.63. The smallest absolute Gasteiger partial charge is 0.253 e. The van der Waals surface area contributed by atoms with Gasteiger partial charge in [-0.05, 0) is 61.7 Å². The van der Waals surface area contributed by atoms with E-state index in [0.29, 0.717) is 16.1 Å². The van der Waals surface area contributed by atoms with Gasteiger partial charge in [-0.2, -0.15) is 0 Å². The molecule has 0 aliphatic carbocycles. The number of nitrogens with one attached hydrogen (secondary N) is 2. The van der Waals surface area contributed by atoms with Gasteiger partial charge in [0.2, 0.25) is 0 Å². The summed E-state index contributed by atoms with van der Waals surface area (Å²) in [5.41, 5.74) is 3.28. The Balaban J connectivity index is 1.37. The second-order valence-corrected chi connectivity index (χ2v) is 8.80. The number of nitrogens with zero attached hydrogens (tertiary/aromatic N) is 1. The molecule has 170 valence electrons. The van der Waals surface area contributed by atoms with E-state index in [2.05, 4.69) is 15.5 Å². The van der Waals surface area contributed by atoms with Gasteiger partial charge in [-0.25, -0.2) is 0 Å². The van der Waals surface area contributed by atoms with Crippen LogP contribution in [0.15, 0.2) is 78.9 Å². The predicted molar refractivity (Wildman–Crippen MR) is 133 cm³/mol. The monoisotopic (exact) mass is 461 g/mol. The number of anilines is 1. The highest BCUT2D eigenvalue weighted by Crippen LogP contribution is 2.25. The molecule has 1 fully saturated rings. The molecule has 4 rings (SSSR count). The number of hydrogen-bond acceptors (Lipinski definition) is 3. The highest BCUT2D eigenvalue weighted by Gasteiger charge is 2.24. The Morgan fingerprint density at radius 2 is 1.52 bits per heavy atom. The highest BCUT2D eigenvalue weighted by atomic mass is 35.5. The van der Waals surface area contributed by atoms with E-state index in [4.69, 9.17) is 11.6 Å². The number of carbonyl (C=O) groups excluding carboxylic acids is 2. The molecule has 3 aromatic carbocycles. The zero-order chi connectivity index (χ0) is 23.2. The van der Waals surface area contributed by atoms with E-state index in [1.165, 1.54) is 0 Å². The minimum Gasteiger partial charge on any atom is -0.371 e. The third-order valence-corrected chi connectivity index (χ3v) is 6.33. The van der Waals surface area contributed by atoms with E-state index in [-0.39, 0.29) is 23.9 Å². The first-order valence-corrected chi connectivity index (χ1v) is 11.7. The number of piperidine rings is 1. The number of carbonyl (C=O) groups is 2. The van der Waals surface area contributed by atoms with Gasteiger partial charge in [-0.1, -0.05) is 54.1 Å². The van der Waals surface area contributed by atoms with Gasteiger partial charge in [0.15, 0.2) is 0 Å². The topological polar surface area (TPSA) is 61.4 Å². The van der Waals surface area contributed by atoms with Crippen molar-refractivity contribution in [1.82, 2.24) is 10.6 Å². The lowest BCUT2D eigenvalue weighted by Gasteiger charge is -2.35. The molecule has 0 aromatic heterocycles. The Kier molecular flexibility index (Phi) is 7.30. The van der Waals surface area contributed by atoms with Crippen molar-refractivity contribution >= 4 is 29.1 Å². The summed E-state index contributed by atoms with van der Waals surface area (Å²) in [4.78, 5) is 27.8. The van der Waals surface area contributed by atoms with Crippen molar-refractivity contribution in [3.63, 3.8) is 0 Å². The molecule has 0 radical (unpaired) electrons. The van der Waals surface area contributed by atoms with Crippen molar-refractivity contribution in [3.05, 3.63) is 101 Å². The number of benzene rings is 3. The molecular formula is C27H28ClN3O2. The zero-order valence-electron chi connectivity index (χ0n) is 18.6. The minimum absolute atomic E-state index is 0.0828. The first-order chi connectivity index (χ1) is 16.0. The molecule has 6 heteroatoms. The molecule has 1 saturated heterocycles. The zero-order valence-corrected chi connectivity index (χ0v) is 19.4. The molecule has 1 unspecified atom stereocenters. The van der Waals surface area contributed by atoms with E-state index in [1.807, 2.05) is 61.5 Å². The van der Waals surface area contributed by atoms with Crippen molar-refractivity contribution in [2.24, 2.45) is 0 Å². The number of amides is 2. The average Bonchev–Trinajstić information content (AvgIpc) is 2.85. The van der Waals surface area contributed by atoms with Gasteiger partial charge in [-0.15, -0.1) is 0 Å². The maximum Gasteiger partial charge on any atom is 0.253 e. The van der Waals surface area contributed by atoms with E-state index in [1.54, 1.807) is 24.3 Å². The van der Waals surface area contributed by atoms with E-state index < -0.39 is 0 Å². The molecule has 0 saturated carbocycles. The molecule has 1 aliphatic rings. The maximum atomic E-state index is 13.1. The number of halogens is 1. The van der Waals surface area contributed by atoms with E-state index in [9.17, 15) is 9.59 Å². The Hall–Kier alpha value is -3.31. The van der Waals surface area contributed by atoms with Gasteiger partial charge in [0, 0.05) is 35.4 Å². The van der Waals surface area contributed by atoms with Crippen molar-refractivity contribution < 1.29 is 9.59 Å². The summed E-state index contributed by atoms with van der Waals surface area (Å²) in [6, 6.07) is 24.6. The van der Waals surface area contributed by atoms with Crippen LogP contribution >= 0.6 is 11.6 Å². The summed E-state index contributed by atoms with van der Waals surface area (Å²) in [7, 11) is 0. The molecule has 1 aliphatic heterocycles. The highest BCUT2D eigenvalue weighted by molar-refractivity contribution is 6.30. The lowest BCUT2D eigenvalue weighted by molar-refractivity contribution is 0.0928. The normalized spacial score (nSPS) is 15.0. The fourth-order valence-electron chi connectivity index (χ4n) is 4.18. The molecule has 33 heavy (non-hydrogen) atoms. The molecule has 2 amide bonds. The Morgan fingerprint density at radius 3 is 2.21 bits per heavy atom. The summed E-state index contributed by atoms with van der Waals surface area (Å²) in [5, 5.41) is 6.85. The maximum absolute atomic E-state index is 13.1. The average molecular weight is 462 g/mol. The summed E-state index contributed by atoms with van der Waals surface area (Å²) in [6.45, 7) is 3.53. The van der Waals surface area contributed by atoms with Gasteiger partial charge < -0.3 is 15.5 Å². The molecule has 1 heterocycles. The third kappa shape index (κ3) is 5.74. The standard InChI is InChI=1S/C27H28ClN3O2/c1-19(20-7-3-2-4-8-20)29-27(33)24-9-5-6-10-25(24)31-17-15-23(16-18-31)30-26(32)21-11-13-22(28)14-12-21/h2-14,19,23H,15-18H2,1H3,(H,29,33)(H,30,32). The molecule has 1 atom stereocenters. The van der Waals surface area contributed by atoms with Gasteiger partial charge in [0.05, 0.1) is 11.6 Å². The molecular weight excluding hydrogens is 434 g/mol. The van der Waals surface area contributed by atoms with Crippen LogP contribution in [0.25, 0.3) is 0 Å². The Labute approximate surface area is 199 Å². The van der Waals surface area contributed by atoms with Crippen molar-refractivity contribution in [2.45, 2.75) is 31.8 Å². The van der Waals surface area contributed by atoms with Gasteiger partial charge in [0.1, 0.15) is 0 Å². The predicted octanol–water partition coefficient (Wildman–Crippen LogP) is 5.23. The first kappa shape index (κ1) is 22.9. The molecule has 0 bridgehead atoms. The third-order valence-electron chi connectivity index (χ3n) is 6.07. The van der Waals surface area contributed by atoms with Crippen LogP contribution in [0.4, 0.5) is 5.69 Å². The summed E-state index contributed by atoms with van der Waals surface area (Å²) in [5.74, 6) is -0.167. The van der Waals surface area contributed by atoms with Crippen LogP contribution in [0, 0.1) is 0 Å². The van der Waals surface area contributed by atoms with Crippen LogP contribution in [-0.2, 0) is 0 Å². The summed E-state index contributed by atoms with van der Waals surface area (Å²) < 4.78 is 0. The molecule has 3 aromatic rings. The summed E-state index contributed by atoms with van der Waals surface area (Å²) >= 11 is 5.91. The second kappa shape index (κ2) is 10.5. The van der Waals surface area contributed by atoms with Gasteiger partial charge in [0.25, 0.3) is 11.8 Å². The first-order valence-electron chi connectivity index (χ1n) is 11.3. The van der Waals surface area contributed by atoms with E-state index in [0.717, 1.165) is 37.2 Å². The molecule has 2 N–H and O–H groups in total. The fraction of sp³-hybridized carbons (Fsp3) is 0.259. The lowest BCUT2D eigenvalue weighted by atomic mass is 10.0. The molecule has 0 spiro atoms. The fourth-order valence-corrected chi connectivity index (χ4v) is 4.30. The van der Waals surface area contributed by atoms with Crippen molar-refractivity contribution in [3.8, 4) is 0 Å². The SMILES string of the molecule is CC(NC(=O)c1ccccc1N1CCC(NC(=O)c2ccc(Cl)cc2)CC1)c1ccccc1. The minimum atomic E-state index is -0.0835. The van der Waals surface area contributed by atoms with Crippen LogP contribution in [0.5, 0.6) is 0 Å². The molecule has 5 nitrogen and oxygen atoms in total. The van der Waals surface area contributed by atoms with Crippen LogP contribution in [0.1, 0.15) is 52.1 Å². The van der Waals surface area contributed by atoms with Gasteiger partial charge >= 0.3 is 0 Å². The largest absolute Gasteiger partial charge is 0.371 e. The van der Waals surface area contributed by atoms with Crippen LogP contribution < -0.4 is 15.5 Å². The second-order valence-electron chi connectivity index (χ2n) is 8.36. The van der Waals surface area contributed by atoms with Crippen LogP contribution in [0.2, 0.25) is 5.02 Å². The Morgan fingerprint density at radius 1 is 0.879 bits per heavy atom. The Bertz CT molecular complexity index is 1090.